The number of rotatable bonds is 4. The second-order valence-corrected chi connectivity index (χ2v) is 7.03. The maximum absolute atomic E-state index is 12.0. The van der Waals surface area contributed by atoms with Crippen molar-refractivity contribution < 1.29 is 9.53 Å². The number of ether oxygens (including phenoxy) is 1. The first-order chi connectivity index (χ1) is 8.21. The van der Waals surface area contributed by atoms with Gasteiger partial charge < -0.3 is 4.74 Å². The van der Waals surface area contributed by atoms with Crippen molar-refractivity contribution >= 4 is 5.97 Å². The van der Waals surface area contributed by atoms with Crippen LogP contribution >= 0.6 is 0 Å². The van der Waals surface area contributed by atoms with Gasteiger partial charge in [0.2, 0.25) is 0 Å². The molecule has 1 fully saturated rings. The fraction of sp³-hybridized carbons (Fsp3) is 0.812. The van der Waals surface area contributed by atoms with E-state index < -0.39 is 0 Å². The molecule has 0 bridgehead atoms. The van der Waals surface area contributed by atoms with Crippen LogP contribution in [0.5, 0.6) is 0 Å². The average Bonchev–Trinajstić information content (AvgIpc) is 2.22. The lowest BCUT2D eigenvalue weighted by atomic mass is 9.72. The smallest absolute Gasteiger partial charge is 0.333 e. The fourth-order valence-corrected chi connectivity index (χ4v) is 2.61. The van der Waals surface area contributed by atoms with Gasteiger partial charge in [-0.25, -0.2) is 4.79 Å². The molecular formula is C16H28O2. The van der Waals surface area contributed by atoms with Gasteiger partial charge in [-0.05, 0) is 42.9 Å². The summed E-state index contributed by atoms with van der Waals surface area (Å²) < 4.78 is 5.66. The molecule has 104 valence electrons. The lowest BCUT2D eigenvalue weighted by Crippen LogP contribution is -2.36. The second kappa shape index (κ2) is 5.90. The van der Waals surface area contributed by atoms with Crippen LogP contribution in [-0.2, 0) is 9.53 Å². The first-order valence-electron chi connectivity index (χ1n) is 7.10. The molecule has 18 heavy (non-hydrogen) atoms. The van der Waals surface area contributed by atoms with E-state index in [1.165, 1.54) is 6.42 Å². The topological polar surface area (TPSA) is 26.3 Å². The van der Waals surface area contributed by atoms with Crippen molar-refractivity contribution in [1.29, 1.82) is 0 Å². The van der Waals surface area contributed by atoms with Crippen LogP contribution in [0.15, 0.2) is 12.2 Å². The summed E-state index contributed by atoms with van der Waals surface area (Å²) in [4.78, 5) is 12.0. The number of hydrogen-bond acceptors (Lipinski definition) is 2. The summed E-state index contributed by atoms with van der Waals surface area (Å²) in [5.74, 6) is 0.720. The third kappa shape index (κ3) is 4.47. The van der Waals surface area contributed by atoms with E-state index in [-0.39, 0.29) is 17.5 Å². The Morgan fingerprint density at radius 2 is 2.06 bits per heavy atom. The van der Waals surface area contributed by atoms with E-state index in [1.807, 2.05) is 0 Å². The maximum Gasteiger partial charge on any atom is 0.333 e. The Morgan fingerprint density at radius 1 is 1.44 bits per heavy atom. The quantitative estimate of drug-likeness (QED) is 0.549. The van der Waals surface area contributed by atoms with Crippen molar-refractivity contribution in [3.8, 4) is 0 Å². The van der Waals surface area contributed by atoms with E-state index >= 15 is 0 Å². The highest BCUT2D eigenvalue weighted by molar-refractivity contribution is 5.87. The summed E-state index contributed by atoms with van der Waals surface area (Å²) in [5.41, 5.74) is 0.900. The minimum Gasteiger partial charge on any atom is -0.459 e. The van der Waals surface area contributed by atoms with Gasteiger partial charge in [-0.3, -0.25) is 0 Å². The normalized spacial score (nSPS) is 27.0. The highest BCUT2D eigenvalue weighted by Gasteiger charge is 2.35. The number of carbonyl (C=O) groups excluding carboxylic acids is 1. The van der Waals surface area contributed by atoms with Crippen LogP contribution < -0.4 is 0 Å². The van der Waals surface area contributed by atoms with Gasteiger partial charge in [0.15, 0.2) is 0 Å². The van der Waals surface area contributed by atoms with Crippen molar-refractivity contribution in [1.82, 2.24) is 0 Å². The van der Waals surface area contributed by atoms with E-state index in [0.29, 0.717) is 17.4 Å². The van der Waals surface area contributed by atoms with Crippen molar-refractivity contribution in [3.05, 3.63) is 12.2 Å². The zero-order chi connectivity index (χ0) is 13.9. The third-order valence-corrected chi connectivity index (χ3v) is 3.87. The largest absolute Gasteiger partial charge is 0.459 e. The summed E-state index contributed by atoms with van der Waals surface area (Å²) >= 11 is 0. The van der Waals surface area contributed by atoms with Gasteiger partial charge in [-0.2, -0.15) is 0 Å². The van der Waals surface area contributed by atoms with Crippen LogP contribution in [0.1, 0.15) is 60.3 Å². The Labute approximate surface area is 112 Å². The maximum atomic E-state index is 12.0. The Morgan fingerprint density at radius 3 is 2.61 bits per heavy atom. The van der Waals surface area contributed by atoms with E-state index in [0.717, 1.165) is 19.3 Å². The lowest BCUT2D eigenvalue weighted by molar-refractivity contribution is -0.151. The van der Waals surface area contributed by atoms with Gasteiger partial charge in [0, 0.05) is 5.57 Å². The number of esters is 1. The molecule has 2 heteroatoms. The summed E-state index contributed by atoms with van der Waals surface area (Å²) in [6, 6.07) is 0. The molecule has 1 rings (SSSR count). The molecule has 0 spiro atoms. The molecule has 2 nitrogen and oxygen atoms in total. The summed E-state index contributed by atoms with van der Waals surface area (Å²) in [7, 11) is 0. The van der Waals surface area contributed by atoms with E-state index in [4.69, 9.17) is 4.74 Å². The Balaban J connectivity index is 2.55. The van der Waals surface area contributed by atoms with E-state index in [1.54, 1.807) is 0 Å². The molecule has 1 aliphatic carbocycles. The number of hydrogen-bond donors (Lipinski definition) is 0. The van der Waals surface area contributed by atoms with Gasteiger partial charge in [0.05, 0.1) is 0 Å². The molecule has 0 radical (unpaired) electrons. The van der Waals surface area contributed by atoms with E-state index in [2.05, 4.69) is 41.2 Å². The molecule has 2 atom stereocenters. The van der Waals surface area contributed by atoms with Crippen LogP contribution in [-0.4, -0.2) is 12.1 Å². The summed E-state index contributed by atoms with van der Waals surface area (Å²) in [6.07, 6.45) is 4.11. The Bertz CT molecular complexity index is 315. The molecule has 1 aliphatic rings. The Kier molecular flexibility index (Phi) is 5.01. The van der Waals surface area contributed by atoms with E-state index in [9.17, 15) is 4.79 Å². The standard InChI is InChI=1S/C16H28O2/c1-11(2)9-13(4)15(17)18-14-10-16(5,6)8-7-12(14)3/h11-12,14H,4,7-10H2,1-3,5-6H3. The zero-order valence-corrected chi connectivity index (χ0v) is 12.6. The van der Waals surface area contributed by atoms with Gasteiger partial charge in [-0.1, -0.05) is 41.2 Å². The second-order valence-electron chi connectivity index (χ2n) is 7.03. The molecule has 0 aliphatic heterocycles. The highest BCUT2D eigenvalue weighted by atomic mass is 16.5. The molecule has 0 aromatic carbocycles. The number of carbonyl (C=O) groups is 1. The molecule has 2 unspecified atom stereocenters. The molecule has 0 aromatic rings. The van der Waals surface area contributed by atoms with Crippen LogP contribution in [0.25, 0.3) is 0 Å². The van der Waals surface area contributed by atoms with Gasteiger partial charge >= 0.3 is 5.97 Å². The predicted molar refractivity (Wildman–Crippen MR) is 75.3 cm³/mol. The SMILES string of the molecule is C=C(CC(C)C)C(=O)OC1CC(C)(C)CCC1C. The Hall–Kier alpha value is -0.790. The average molecular weight is 252 g/mol. The van der Waals surface area contributed by atoms with Crippen molar-refractivity contribution in [2.45, 2.75) is 66.4 Å². The highest BCUT2D eigenvalue weighted by Crippen LogP contribution is 2.39. The molecule has 0 aromatic heterocycles. The summed E-state index contributed by atoms with van der Waals surface area (Å²) in [5, 5.41) is 0. The van der Waals surface area contributed by atoms with Gasteiger partial charge in [0.25, 0.3) is 0 Å². The predicted octanol–water partition coefficient (Wildman–Crippen LogP) is 4.35. The van der Waals surface area contributed by atoms with Crippen LogP contribution in [0, 0.1) is 17.3 Å². The molecule has 1 saturated carbocycles. The monoisotopic (exact) mass is 252 g/mol. The van der Waals surface area contributed by atoms with Crippen molar-refractivity contribution in [3.63, 3.8) is 0 Å². The lowest BCUT2D eigenvalue weighted by Gasteiger charge is -2.38. The van der Waals surface area contributed by atoms with Gasteiger partial charge in [0.1, 0.15) is 6.10 Å². The first-order valence-corrected chi connectivity index (χ1v) is 7.10. The molecule has 0 amide bonds. The third-order valence-electron chi connectivity index (χ3n) is 3.87. The van der Waals surface area contributed by atoms with Crippen molar-refractivity contribution in [2.24, 2.45) is 17.3 Å². The molecule has 0 saturated heterocycles. The fourth-order valence-electron chi connectivity index (χ4n) is 2.61. The van der Waals surface area contributed by atoms with Crippen LogP contribution in [0.2, 0.25) is 0 Å². The van der Waals surface area contributed by atoms with Crippen LogP contribution in [0.4, 0.5) is 0 Å². The van der Waals surface area contributed by atoms with Gasteiger partial charge in [-0.15, -0.1) is 0 Å². The zero-order valence-electron chi connectivity index (χ0n) is 12.6. The van der Waals surface area contributed by atoms with Crippen LogP contribution in [0.3, 0.4) is 0 Å². The molecular weight excluding hydrogens is 224 g/mol. The molecule has 0 N–H and O–H groups in total. The summed E-state index contributed by atoms with van der Waals surface area (Å²) in [6.45, 7) is 14.7. The molecule has 0 heterocycles. The minimum atomic E-state index is -0.196. The van der Waals surface area contributed by atoms with Crippen molar-refractivity contribution in [2.75, 3.05) is 0 Å². The first kappa shape index (κ1) is 15.3. The minimum absolute atomic E-state index is 0.0603.